The molecular weight excluding hydrogens is 314 g/mol. The van der Waals surface area contributed by atoms with Crippen LogP contribution in [0.25, 0.3) is 11.0 Å². The molecule has 4 rings (SSSR count). The number of para-hydroxylation sites is 2. The zero-order chi connectivity index (χ0) is 17.2. The molecule has 3 aromatic rings. The van der Waals surface area contributed by atoms with Crippen LogP contribution >= 0.6 is 0 Å². The maximum Gasteiger partial charge on any atom is 0.253 e. The third-order valence-corrected chi connectivity index (χ3v) is 4.73. The summed E-state index contributed by atoms with van der Waals surface area (Å²) in [6.45, 7) is 1.72. The molecule has 1 atom stereocenters. The average molecular weight is 335 g/mol. The minimum absolute atomic E-state index is 0.0649. The molecule has 1 aliphatic rings. The Bertz CT molecular complexity index is 889. The van der Waals surface area contributed by atoms with Crippen molar-refractivity contribution in [2.24, 2.45) is 7.05 Å². The van der Waals surface area contributed by atoms with Gasteiger partial charge in [-0.2, -0.15) is 0 Å². The van der Waals surface area contributed by atoms with Crippen molar-refractivity contribution in [2.75, 3.05) is 18.0 Å². The first kappa shape index (κ1) is 15.6. The van der Waals surface area contributed by atoms with Gasteiger partial charge in [0.25, 0.3) is 5.91 Å². The Morgan fingerprint density at radius 1 is 1.24 bits per heavy atom. The topological polar surface area (TPSA) is 63.0 Å². The predicted molar refractivity (Wildman–Crippen MR) is 97.7 cm³/mol. The first-order valence-corrected chi connectivity index (χ1v) is 8.59. The number of hydrogen-bond acceptors (Lipinski definition) is 4. The Labute approximate surface area is 146 Å². The van der Waals surface area contributed by atoms with E-state index in [4.69, 9.17) is 4.98 Å². The lowest BCUT2D eigenvalue weighted by molar-refractivity contribution is 0.0932. The first-order chi connectivity index (χ1) is 12.2. The highest BCUT2D eigenvalue weighted by molar-refractivity contribution is 5.94. The van der Waals surface area contributed by atoms with Gasteiger partial charge in [0.15, 0.2) is 0 Å². The van der Waals surface area contributed by atoms with Crippen LogP contribution in [-0.2, 0) is 7.05 Å². The summed E-state index contributed by atoms with van der Waals surface area (Å²) in [6.07, 6.45) is 5.28. The zero-order valence-electron chi connectivity index (χ0n) is 14.2. The number of pyridine rings is 1. The van der Waals surface area contributed by atoms with Crippen LogP contribution < -0.4 is 10.2 Å². The molecule has 1 aliphatic heterocycles. The van der Waals surface area contributed by atoms with Crippen LogP contribution in [-0.4, -0.2) is 39.6 Å². The van der Waals surface area contributed by atoms with E-state index >= 15 is 0 Å². The molecule has 0 bridgehead atoms. The fourth-order valence-corrected chi connectivity index (χ4v) is 3.46. The van der Waals surface area contributed by atoms with Crippen molar-refractivity contribution in [3.8, 4) is 0 Å². The van der Waals surface area contributed by atoms with Crippen LogP contribution in [0.5, 0.6) is 0 Å². The number of nitrogens with one attached hydrogen (secondary N) is 1. The molecule has 0 saturated carbocycles. The van der Waals surface area contributed by atoms with E-state index in [0.717, 1.165) is 42.9 Å². The number of rotatable bonds is 3. The van der Waals surface area contributed by atoms with Crippen LogP contribution in [0.4, 0.5) is 5.95 Å². The quantitative estimate of drug-likeness (QED) is 0.798. The van der Waals surface area contributed by atoms with Crippen LogP contribution in [0.3, 0.4) is 0 Å². The maximum absolute atomic E-state index is 12.4. The molecule has 1 unspecified atom stereocenters. The molecule has 6 nitrogen and oxygen atoms in total. The van der Waals surface area contributed by atoms with E-state index in [1.54, 1.807) is 24.5 Å². The van der Waals surface area contributed by atoms with Crippen molar-refractivity contribution in [3.05, 3.63) is 54.4 Å². The Hall–Kier alpha value is -2.89. The minimum atomic E-state index is -0.0649. The van der Waals surface area contributed by atoms with Crippen molar-refractivity contribution in [3.63, 3.8) is 0 Å². The first-order valence-electron chi connectivity index (χ1n) is 8.59. The highest BCUT2D eigenvalue weighted by atomic mass is 16.1. The second-order valence-corrected chi connectivity index (χ2v) is 6.46. The van der Waals surface area contributed by atoms with E-state index in [1.807, 2.05) is 25.2 Å². The minimum Gasteiger partial charge on any atom is -0.347 e. The molecule has 128 valence electrons. The Balaban J connectivity index is 1.51. The summed E-state index contributed by atoms with van der Waals surface area (Å²) in [7, 11) is 2.04. The molecule has 0 radical (unpaired) electrons. The third-order valence-electron chi connectivity index (χ3n) is 4.73. The van der Waals surface area contributed by atoms with E-state index in [2.05, 4.69) is 25.8 Å². The molecule has 1 saturated heterocycles. The molecular formula is C19H21N5O. The lowest BCUT2D eigenvalue weighted by Crippen LogP contribution is -2.48. The summed E-state index contributed by atoms with van der Waals surface area (Å²) in [4.78, 5) is 23.4. The van der Waals surface area contributed by atoms with Gasteiger partial charge in [-0.3, -0.25) is 9.78 Å². The lowest BCUT2D eigenvalue weighted by atomic mass is 10.1. The van der Waals surface area contributed by atoms with E-state index in [0.29, 0.717) is 5.56 Å². The molecule has 1 aromatic carbocycles. The van der Waals surface area contributed by atoms with Gasteiger partial charge in [-0.15, -0.1) is 0 Å². The second-order valence-electron chi connectivity index (χ2n) is 6.46. The van der Waals surface area contributed by atoms with Crippen LogP contribution in [0.15, 0.2) is 48.8 Å². The van der Waals surface area contributed by atoms with Crippen molar-refractivity contribution in [2.45, 2.75) is 18.9 Å². The maximum atomic E-state index is 12.4. The van der Waals surface area contributed by atoms with E-state index in [-0.39, 0.29) is 11.9 Å². The number of carbonyl (C=O) groups is 1. The summed E-state index contributed by atoms with van der Waals surface area (Å²) in [5.74, 6) is 0.895. The van der Waals surface area contributed by atoms with Crippen molar-refractivity contribution >= 4 is 22.9 Å². The molecule has 0 aliphatic carbocycles. The molecule has 1 amide bonds. The van der Waals surface area contributed by atoms with Gasteiger partial charge in [0, 0.05) is 38.6 Å². The lowest BCUT2D eigenvalue weighted by Gasteiger charge is -2.33. The standard InChI is InChI=1S/C19H21N5O/c1-23-17-9-3-2-8-16(17)22-19(23)24-11-5-7-15(13-24)21-18(25)14-6-4-10-20-12-14/h2-4,6,8-10,12,15H,5,7,11,13H2,1H3,(H,21,25). The number of imidazole rings is 1. The van der Waals surface area contributed by atoms with E-state index in [9.17, 15) is 4.79 Å². The number of carbonyl (C=O) groups excluding carboxylic acids is 1. The highest BCUT2D eigenvalue weighted by Gasteiger charge is 2.25. The second kappa shape index (κ2) is 6.55. The number of amides is 1. The number of piperidine rings is 1. The van der Waals surface area contributed by atoms with Crippen molar-refractivity contribution in [1.29, 1.82) is 0 Å². The molecule has 6 heteroatoms. The third kappa shape index (κ3) is 3.07. The summed E-state index contributed by atoms with van der Waals surface area (Å²) in [5.41, 5.74) is 2.72. The van der Waals surface area contributed by atoms with Crippen molar-refractivity contribution in [1.82, 2.24) is 19.9 Å². The van der Waals surface area contributed by atoms with E-state index in [1.165, 1.54) is 0 Å². The number of aryl methyl sites for hydroxylation is 1. The fraction of sp³-hybridized carbons (Fsp3) is 0.316. The molecule has 0 spiro atoms. The summed E-state index contributed by atoms with van der Waals surface area (Å²) >= 11 is 0. The van der Waals surface area contributed by atoms with Gasteiger partial charge in [-0.1, -0.05) is 12.1 Å². The Morgan fingerprint density at radius 3 is 2.92 bits per heavy atom. The molecule has 2 aromatic heterocycles. The van der Waals surface area contributed by atoms with Gasteiger partial charge in [0.05, 0.1) is 16.6 Å². The number of aromatic nitrogens is 3. The monoisotopic (exact) mass is 335 g/mol. The zero-order valence-corrected chi connectivity index (χ0v) is 14.2. The van der Waals surface area contributed by atoms with Gasteiger partial charge in [-0.25, -0.2) is 4.98 Å². The van der Waals surface area contributed by atoms with Crippen LogP contribution in [0, 0.1) is 0 Å². The van der Waals surface area contributed by atoms with E-state index < -0.39 is 0 Å². The highest BCUT2D eigenvalue weighted by Crippen LogP contribution is 2.24. The van der Waals surface area contributed by atoms with Gasteiger partial charge >= 0.3 is 0 Å². The molecule has 3 heterocycles. The molecule has 1 fully saturated rings. The SMILES string of the molecule is Cn1c(N2CCCC(NC(=O)c3cccnc3)C2)nc2ccccc21. The number of hydrogen-bond donors (Lipinski definition) is 1. The number of nitrogens with zero attached hydrogens (tertiary/aromatic N) is 4. The Kier molecular flexibility index (Phi) is 4.09. The van der Waals surface area contributed by atoms with Gasteiger partial charge in [0.1, 0.15) is 0 Å². The largest absolute Gasteiger partial charge is 0.347 e. The summed E-state index contributed by atoms with van der Waals surface area (Å²) in [5, 5.41) is 3.13. The van der Waals surface area contributed by atoms with Crippen LogP contribution in [0.1, 0.15) is 23.2 Å². The molecule has 1 N–H and O–H groups in total. The number of fused-ring (bicyclic) bond motifs is 1. The summed E-state index contributed by atoms with van der Waals surface area (Å²) < 4.78 is 2.13. The predicted octanol–water partition coefficient (Wildman–Crippen LogP) is 2.37. The molecule has 25 heavy (non-hydrogen) atoms. The smallest absolute Gasteiger partial charge is 0.253 e. The summed E-state index contributed by atoms with van der Waals surface area (Å²) in [6, 6.07) is 11.8. The van der Waals surface area contributed by atoms with Crippen molar-refractivity contribution < 1.29 is 4.79 Å². The fourth-order valence-electron chi connectivity index (χ4n) is 3.46. The van der Waals surface area contributed by atoms with Gasteiger partial charge in [0.2, 0.25) is 5.95 Å². The van der Waals surface area contributed by atoms with Gasteiger partial charge < -0.3 is 14.8 Å². The Morgan fingerprint density at radius 2 is 2.12 bits per heavy atom. The number of anilines is 1. The van der Waals surface area contributed by atoms with Crippen LogP contribution in [0.2, 0.25) is 0 Å². The average Bonchev–Trinajstić information content (AvgIpc) is 3.00. The van der Waals surface area contributed by atoms with Gasteiger partial charge in [-0.05, 0) is 37.1 Å². The number of benzene rings is 1. The normalized spacial score (nSPS) is 17.6.